The van der Waals surface area contributed by atoms with E-state index in [1.54, 1.807) is 18.2 Å². The summed E-state index contributed by atoms with van der Waals surface area (Å²) in [5.41, 5.74) is 5.41. The molecule has 0 radical (unpaired) electrons. The molecule has 1 unspecified atom stereocenters. The van der Waals surface area contributed by atoms with Gasteiger partial charge in [-0.25, -0.2) is 9.38 Å². The Morgan fingerprint density at radius 3 is 2.74 bits per heavy atom. The molecule has 6 heteroatoms. The van der Waals surface area contributed by atoms with E-state index in [0.717, 1.165) is 12.8 Å². The maximum absolute atomic E-state index is 13.8. The molecule has 118 valence electrons. The van der Waals surface area contributed by atoms with Gasteiger partial charge in [-0.1, -0.05) is 11.6 Å². The molecular weight excluding hydrogens is 319 g/mol. The van der Waals surface area contributed by atoms with Gasteiger partial charge in [-0.2, -0.15) is 0 Å². The van der Waals surface area contributed by atoms with Crippen molar-refractivity contribution in [2.45, 2.75) is 24.5 Å². The summed E-state index contributed by atoms with van der Waals surface area (Å²) in [6.45, 7) is 0. The summed E-state index contributed by atoms with van der Waals surface area (Å²) in [7, 11) is 0. The molecule has 1 aliphatic carbocycles. The Balaban J connectivity index is 1.91. The number of nitrogens with zero attached hydrogens (tertiary/aromatic N) is 1. The number of hydrogen-bond donors (Lipinski definition) is 2. The first-order chi connectivity index (χ1) is 11.0. The molecule has 2 aromatic rings. The molecule has 2 aromatic carbocycles. The van der Waals surface area contributed by atoms with Crippen LogP contribution >= 0.6 is 11.6 Å². The minimum absolute atomic E-state index is 0.0268. The maximum Gasteiger partial charge on any atom is 0.178 e. The molecule has 0 spiro atoms. The molecule has 23 heavy (non-hydrogen) atoms. The standard InChI is InChI=1S/C17H14ClFN2O2/c18-9-1-5-14-12(7-9)17(22,16(20)21-14)13-8-10(19)2-6-15(13)23-11-3-4-11/h1-2,5-8,11,22H,3-4H2,(H2,20,21). The van der Waals surface area contributed by atoms with Gasteiger partial charge in [0.15, 0.2) is 5.60 Å². The Hall–Kier alpha value is -2.11. The van der Waals surface area contributed by atoms with Gasteiger partial charge in [-0.15, -0.1) is 0 Å². The van der Waals surface area contributed by atoms with Crippen LogP contribution in [0.1, 0.15) is 24.0 Å². The smallest absolute Gasteiger partial charge is 0.178 e. The highest BCUT2D eigenvalue weighted by Gasteiger charge is 2.45. The number of aliphatic imine (C=N–C) groups is 1. The van der Waals surface area contributed by atoms with Gasteiger partial charge in [0, 0.05) is 16.1 Å². The second kappa shape index (κ2) is 4.94. The normalized spacial score (nSPS) is 22.7. The molecule has 0 saturated heterocycles. The third-order valence-corrected chi connectivity index (χ3v) is 4.34. The minimum atomic E-state index is -1.76. The Labute approximate surface area is 137 Å². The molecule has 1 heterocycles. The quantitative estimate of drug-likeness (QED) is 0.906. The largest absolute Gasteiger partial charge is 0.490 e. The molecule has 0 aromatic heterocycles. The Morgan fingerprint density at radius 1 is 1.22 bits per heavy atom. The number of halogens is 2. The number of amidine groups is 1. The topological polar surface area (TPSA) is 67.8 Å². The Kier molecular flexibility index (Phi) is 3.11. The fraction of sp³-hybridized carbons (Fsp3) is 0.235. The fourth-order valence-corrected chi connectivity index (χ4v) is 2.95. The van der Waals surface area contributed by atoms with Gasteiger partial charge in [0.05, 0.1) is 11.8 Å². The van der Waals surface area contributed by atoms with Crippen LogP contribution in [-0.2, 0) is 5.60 Å². The van der Waals surface area contributed by atoms with Crippen molar-refractivity contribution < 1.29 is 14.2 Å². The van der Waals surface area contributed by atoms with E-state index >= 15 is 0 Å². The number of aliphatic hydroxyl groups is 1. The van der Waals surface area contributed by atoms with Gasteiger partial charge >= 0.3 is 0 Å². The lowest BCUT2D eigenvalue weighted by Gasteiger charge is -2.27. The minimum Gasteiger partial charge on any atom is -0.490 e. The average molecular weight is 333 g/mol. The van der Waals surface area contributed by atoms with Crippen molar-refractivity contribution in [2.75, 3.05) is 0 Å². The number of rotatable bonds is 3. The van der Waals surface area contributed by atoms with Gasteiger partial charge in [0.1, 0.15) is 17.4 Å². The summed E-state index contributed by atoms with van der Waals surface area (Å²) in [6, 6.07) is 8.96. The third-order valence-electron chi connectivity index (χ3n) is 4.11. The number of ether oxygens (including phenoxy) is 1. The molecule has 0 amide bonds. The Morgan fingerprint density at radius 2 is 2.00 bits per heavy atom. The molecule has 1 fully saturated rings. The van der Waals surface area contributed by atoms with Crippen LogP contribution in [0, 0.1) is 5.82 Å². The highest BCUT2D eigenvalue weighted by Crippen LogP contribution is 2.46. The van der Waals surface area contributed by atoms with Gasteiger partial charge < -0.3 is 15.6 Å². The van der Waals surface area contributed by atoms with E-state index in [1.165, 1.54) is 18.2 Å². The van der Waals surface area contributed by atoms with Crippen molar-refractivity contribution in [3.05, 3.63) is 58.4 Å². The second-order valence-electron chi connectivity index (χ2n) is 5.83. The zero-order chi connectivity index (χ0) is 16.2. The number of nitrogens with two attached hydrogens (primary N) is 1. The lowest BCUT2D eigenvalue weighted by molar-refractivity contribution is 0.151. The van der Waals surface area contributed by atoms with E-state index in [9.17, 15) is 9.50 Å². The molecule has 3 N–H and O–H groups in total. The Bertz CT molecular complexity index is 835. The van der Waals surface area contributed by atoms with Crippen molar-refractivity contribution in [1.82, 2.24) is 0 Å². The van der Waals surface area contributed by atoms with E-state index in [1.807, 2.05) is 0 Å². The predicted molar refractivity (Wildman–Crippen MR) is 85.8 cm³/mol. The van der Waals surface area contributed by atoms with Crippen LogP contribution in [0.4, 0.5) is 10.1 Å². The highest BCUT2D eigenvalue weighted by atomic mass is 35.5. The van der Waals surface area contributed by atoms with Crippen LogP contribution in [0.2, 0.25) is 5.02 Å². The van der Waals surface area contributed by atoms with Crippen LogP contribution in [0.25, 0.3) is 0 Å². The van der Waals surface area contributed by atoms with E-state index in [-0.39, 0.29) is 17.5 Å². The van der Waals surface area contributed by atoms with Gasteiger partial charge in [0.25, 0.3) is 0 Å². The summed E-state index contributed by atoms with van der Waals surface area (Å²) < 4.78 is 19.6. The fourth-order valence-electron chi connectivity index (χ4n) is 2.78. The molecule has 1 saturated carbocycles. The van der Waals surface area contributed by atoms with Crippen LogP contribution < -0.4 is 10.5 Å². The van der Waals surface area contributed by atoms with Crippen molar-refractivity contribution >= 4 is 23.1 Å². The third kappa shape index (κ3) is 2.28. The van der Waals surface area contributed by atoms with Crippen molar-refractivity contribution in [1.29, 1.82) is 0 Å². The van der Waals surface area contributed by atoms with E-state index in [4.69, 9.17) is 22.1 Å². The maximum atomic E-state index is 13.8. The lowest BCUT2D eigenvalue weighted by Crippen LogP contribution is -2.40. The SMILES string of the molecule is NC1=Nc2ccc(Cl)cc2C1(O)c1cc(F)ccc1OC1CC1. The van der Waals surface area contributed by atoms with E-state index in [2.05, 4.69) is 4.99 Å². The predicted octanol–water partition coefficient (Wildman–Crippen LogP) is 3.26. The van der Waals surface area contributed by atoms with Crippen molar-refractivity contribution in [3.63, 3.8) is 0 Å². The van der Waals surface area contributed by atoms with Crippen LogP contribution in [0.3, 0.4) is 0 Å². The van der Waals surface area contributed by atoms with Crippen LogP contribution in [0.15, 0.2) is 41.4 Å². The van der Waals surface area contributed by atoms with Gasteiger partial charge in [-0.3, -0.25) is 0 Å². The van der Waals surface area contributed by atoms with E-state index < -0.39 is 11.4 Å². The first-order valence-electron chi connectivity index (χ1n) is 7.32. The van der Waals surface area contributed by atoms with E-state index in [0.29, 0.717) is 22.0 Å². The lowest BCUT2D eigenvalue weighted by atomic mass is 9.85. The summed E-state index contributed by atoms with van der Waals surface area (Å²) in [6.07, 6.45) is 1.99. The van der Waals surface area contributed by atoms with Crippen LogP contribution in [0.5, 0.6) is 5.75 Å². The van der Waals surface area contributed by atoms with Gasteiger partial charge in [-0.05, 0) is 49.2 Å². The molecule has 4 rings (SSSR count). The second-order valence-corrected chi connectivity index (χ2v) is 6.26. The first-order valence-corrected chi connectivity index (χ1v) is 7.70. The van der Waals surface area contributed by atoms with Crippen LogP contribution in [-0.4, -0.2) is 17.0 Å². The number of fused-ring (bicyclic) bond motifs is 1. The highest BCUT2D eigenvalue weighted by molar-refractivity contribution is 6.30. The summed E-state index contributed by atoms with van der Waals surface area (Å²) in [5.74, 6) is -0.108. The summed E-state index contributed by atoms with van der Waals surface area (Å²) >= 11 is 6.04. The zero-order valence-electron chi connectivity index (χ0n) is 12.1. The summed E-state index contributed by atoms with van der Waals surface area (Å²) in [4.78, 5) is 4.20. The molecule has 1 aliphatic heterocycles. The molecular formula is C17H14ClFN2O2. The van der Waals surface area contributed by atoms with Crippen molar-refractivity contribution in [2.24, 2.45) is 10.7 Å². The molecule has 1 atom stereocenters. The van der Waals surface area contributed by atoms with Crippen molar-refractivity contribution in [3.8, 4) is 5.75 Å². The number of benzene rings is 2. The molecule has 2 aliphatic rings. The molecule has 4 nitrogen and oxygen atoms in total. The van der Waals surface area contributed by atoms with Gasteiger partial charge in [0.2, 0.25) is 0 Å². The summed E-state index contributed by atoms with van der Waals surface area (Å²) in [5, 5.41) is 11.7. The molecule has 0 bridgehead atoms. The first kappa shape index (κ1) is 14.5. The zero-order valence-corrected chi connectivity index (χ0v) is 12.8. The monoisotopic (exact) mass is 332 g/mol. The number of hydrogen-bond acceptors (Lipinski definition) is 4. The average Bonchev–Trinajstić information content (AvgIpc) is 3.29.